The van der Waals surface area contributed by atoms with Gasteiger partial charge in [-0.05, 0) is 12.0 Å². The Morgan fingerprint density at radius 1 is 1.25 bits per heavy atom. The number of carbonyl (C=O) groups excluding carboxylic acids is 3. The zero-order valence-electron chi connectivity index (χ0n) is 12.7. The molecule has 2 heterocycles. The second-order valence-corrected chi connectivity index (χ2v) is 5.33. The molecule has 1 aliphatic heterocycles. The summed E-state index contributed by atoms with van der Waals surface area (Å²) >= 11 is 0. The van der Waals surface area contributed by atoms with Crippen molar-refractivity contribution in [3.8, 4) is 0 Å². The number of urea groups is 1. The van der Waals surface area contributed by atoms with Crippen LogP contribution >= 0.6 is 0 Å². The van der Waals surface area contributed by atoms with Crippen molar-refractivity contribution in [1.29, 1.82) is 0 Å². The van der Waals surface area contributed by atoms with E-state index < -0.39 is 12.1 Å². The molecule has 0 spiro atoms. The predicted molar refractivity (Wildman–Crippen MR) is 83.6 cm³/mol. The molecule has 1 saturated heterocycles. The number of rotatable bonds is 6. The van der Waals surface area contributed by atoms with E-state index >= 15 is 0 Å². The zero-order chi connectivity index (χ0) is 16.9. The van der Waals surface area contributed by atoms with Gasteiger partial charge in [0.25, 0.3) is 5.91 Å². The van der Waals surface area contributed by atoms with E-state index in [1.807, 2.05) is 30.3 Å². The molecular formula is C15H16N6O3. The Balaban J connectivity index is 1.53. The number of H-pyrrole nitrogens is 1. The molecule has 3 rings (SSSR count). The summed E-state index contributed by atoms with van der Waals surface area (Å²) in [6.07, 6.45) is 1.57. The number of aromatic amines is 1. The van der Waals surface area contributed by atoms with E-state index in [-0.39, 0.29) is 37.1 Å². The molecule has 2 aromatic rings. The molecular weight excluding hydrogens is 312 g/mol. The van der Waals surface area contributed by atoms with Crippen molar-refractivity contribution in [1.82, 2.24) is 25.4 Å². The normalized spacial score (nSPS) is 17.0. The molecule has 1 aromatic carbocycles. The van der Waals surface area contributed by atoms with Crippen LogP contribution in [0.2, 0.25) is 0 Å². The number of benzene rings is 1. The minimum absolute atomic E-state index is 0.0799. The highest BCUT2D eigenvalue weighted by Crippen LogP contribution is 2.15. The highest BCUT2D eigenvalue weighted by molar-refractivity contribution is 6.04. The summed E-state index contributed by atoms with van der Waals surface area (Å²) in [7, 11) is 0. The van der Waals surface area contributed by atoms with E-state index in [0.717, 1.165) is 10.5 Å². The van der Waals surface area contributed by atoms with E-state index in [9.17, 15) is 14.4 Å². The van der Waals surface area contributed by atoms with Gasteiger partial charge in [0.15, 0.2) is 0 Å². The van der Waals surface area contributed by atoms with Crippen LogP contribution < -0.4 is 10.6 Å². The maximum Gasteiger partial charge on any atom is 0.325 e. The van der Waals surface area contributed by atoms with Crippen LogP contribution in [-0.2, 0) is 16.1 Å². The van der Waals surface area contributed by atoms with Crippen LogP contribution in [-0.4, -0.2) is 44.0 Å². The van der Waals surface area contributed by atoms with E-state index in [2.05, 4.69) is 25.8 Å². The summed E-state index contributed by atoms with van der Waals surface area (Å²) in [6, 6.07) is 8.12. The maximum atomic E-state index is 12.3. The molecule has 3 N–H and O–H groups in total. The van der Waals surface area contributed by atoms with Crippen molar-refractivity contribution >= 4 is 23.8 Å². The summed E-state index contributed by atoms with van der Waals surface area (Å²) in [5, 5.41) is 11.3. The van der Waals surface area contributed by atoms with Gasteiger partial charge in [0.05, 0.1) is 6.54 Å². The highest BCUT2D eigenvalue weighted by atomic mass is 16.2. The Labute approximate surface area is 137 Å². The van der Waals surface area contributed by atoms with Crippen LogP contribution in [0.3, 0.4) is 0 Å². The Kier molecular flexibility index (Phi) is 4.50. The fraction of sp³-hybridized carbons (Fsp3) is 0.267. The average molecular weight is 328 g/mol. The number of carbonyl (C=O) groups is 3. The average Bonchev–Trinajstić information content (AvgIpc) is 3.17. The van der Waals surface area contributed by atoms with Gasteiger partial charge >= 0.3 is 6.03 Å². The molecule has 1 fully saturated rings. The molecule has 9 nitrogen and oxygen atoms in total. The first-order valence-corrected chi connectivity index (χ1v) is 7.44. The molecule has 9 heteroatoms. The number of aromatic nitrogens is 3. The largest absolute Gasteiger partial charge is 0.326 e. The molecule has 1 aromatic heterocycles. The predicted octanol–water partition coefficient (Wildman–Crippen LogP) is 0.644. The standard InChI is InChI=1S/C15H16N6O3/c22-12(19-14-16-9-17-20-14)7-6-11-13(23)21(15(24)18-11)8-10-4-2-1-3-5-10/h1-5,9,11H,6-8H2,(H,18,24)(H2,16,17,19,20,22)/t11-/m1/s1. The van der Waals surface area contributed by atoms with Gasteiger partial charge in [-0.25, -0.2) is 9.89 Å². The molecule has 124 valence electrons. The van der Waals surface area contributed by atoms with E-state index in [0.29, 0.717) is 0 Å². The number of imide groups is 1. The van der Waals surface area contributed by atoms with Crippen LogP contribution in [0.4, 0.5) is 10.7 Å². The lowest BCUT2D eigenvalue weighted by Crippen LogP contribution is -2.31. The molecule has 0 saturated carbocycles. The lowest BCUT2D eigenvalue weighted by molar-refractivity contribution is -0.128. The molecule has 1 atom stereocenters. The van der Waals surface area contributed by atoms with Crippen LogP contribution in [0.15, 0.2) is 36.7 Å². The van der Waals surface area contributed by atoms with Gasteiger partial charge in [-0.3, -0.25) is 19.8 Å². The second-order valence-electron chi connectivity index (χ2n) is 5.33. The van der Waals surface area contributed by atoms with Crippen molar-refractivity contribution < 1.29 is 14.4 Å². The van der Waals surface area contributed by atoms with Crippen molar-refractivity contribution in [3.05, 3.63) is 42.2 Å². The van der Waals surface area contributed by atoms with E-state index in [4.69, 9.17) is 0 Å². The smallest absolute Gasteiger partial charge is 0.325 e. The van der Waals surface area contributed by atoms with E-state index in [1.54, 1.807) is 0 Å². The van der Waals surface area contributed by atoms with Crippen LogP contribution in [0, 0.1) is 0 Å². The third-order valence-corrected chi connectivity index (χ3v) is 3.62. The molecule has 0 bridgehead atoms. The third-order valence-electron chi connectivity index (χ3n) is 3.62. The van der Waals surface area contributed by atoms with Crippen molar-refractivity contribution in [2.45, 2.75) is 25.4 Å². The van der Waals surface area contributed by atoms with Gasteiger partial charge < -0.3 is 5.32 Å². The first-order valence-electron chi connectivity index (χ1n) is 7.44. The van der Waals surface area contributed by atoms with Gasteiger partial charge in [-0.15, -0.1) is 0 Å². The van der Waals surface area contributed by atoms with Crippen molar-refractivity contribution in [2.75, 3.05) is 5.32 Å². The van der Waals surface area contributed by atoms with Gasteiger partial charge in [0, 0.05) is 6.42 Å². The summed E-state index contributed by atoms with van der Waals surface area (Å²) < 4.78 is 0. The number of hydrogen-bond acceptors (Lipinski definition) is 5. The zero-order valence-corrected chi connectivity index (χ0v) is 12.7. The number of hydrogen-bond donors (Lipinski definition) is 3. The minimum Gasteiger partial charge on any atom is -0.326 e. The van der Waals surface area contributed by atoms with Gasteiger partial charge in [-0.2, -0.15) is 10.1 Å². The maximum absolute atomic E-state index is 12.3. The van der Waals surface area contributed by atoms with Gasteiger partial charge in [0.1, 0.15) is 12.4 Å². The van der Waals surface area contributed by atoms with Crippen molar-refractivity contribution in [3.63, 3.8) is 0 Å². The summed E-state index contributed by atoms with van der Waals surface area (Å²) in [5.41, 5.74) is 0.865. The second kappa shape index (κ2) is 6.90. The third kappa shape index (κ3) is 3.57. The number of anilines is 1. The van der Waals surface area contributed by atoms with E-state index in [1.165, 1.54) is 6.33 Å². The number of nitrogens with one attached hydrogen (secondary N) is 3. The Morgan fingerprint density at radius 3 is 2.75 bits per heavy atom. The van der Waals surface area contributed by atoms with Crippen LogP contribution in [0.5, 0.6) is 0 Å². The molecule has 4 amide bonds. The summed E-state index contributed by atoms with van der Waals surface area (Å²) in [6.45, 7) is 0.215. The number of amides is 4. The molecule has 0 unspecified atom stereocenters. The molecule has 24 heavy (non-hydrogen) atoms. The topological polar surface area (TPSA) is 120 Å². The lowest BCUT2D eigenvalue weighted by atomic mass is 10.1. The summed E-state index contributed by atoms with van der Waals surface area (Å²) in [4.78, 5) is 41.0. The first kappa shape index (κ1) is 15.7. The Bertz CT molecular complexity index is 731. The van der Waals surface area contributed by atoms with Crippen LogP contribution in [0.1, 0.15) is 18.4 Å². The van der Waals surface area contributed by atoms with Gasteiger partial charge in [-0.1, -0.05) is 30.3 Å². The van der Waals surface area contributed by atoms with Gasteiger partial charge in [0.2, 0.25) is 11.9 Å². The quantitative estimate of drug-likeness (QED) is 0.672. The first-order chi connectivity index (χ1) is 11.6. The minimum atomic E-state index is -0.693. The summed E-state index contributed by atoms with van der Waals surface area (Å²) in [5.74, 6) is -0.390. The lowest BCUT2D eigenvalue weighted by Gasteiger charge is -2.13. The van der Waals surface area contributed by atoms with Crippen LogP contribution in [0.25, 0.3) is 0 Å². The van der Waals surface area contributed by atoms with Crippen molar-refractivity contribution in [2.24, 2.45) is 0 Å². The molecule has 1 aliphatic rings. The molecule has 0 radical (unpaired) electrons. The molecule has 0 aliphatic carbocycles. The Morgan fingerprint density at radius 2 is 2.04 bits per heavy atom. The SMILES string of the molecule is O=C(CC[C@H]1NC(=O)N(Cc2ccccc2)C1=O)Nc1ncn[nH]1. The fourth-order valence-electron chi connectivity index (χ4n) is 2.42. The fourth-order valence-corrected chi connectivity index (χ4v) is 2.42. The monoisotopic (exact) mass is 328 g/mol. The Hall–Kier alpha value is -3.23. The highest BCUT2D eigenvalue weighted by Gasteiger charge is 2.37. The number of nitrogens with zero attached hydrogens (tertiary/aromatic N) is 3.